The van der Waals surface area contributed by atoms with Gasteiger partial charge in [-0.05, 0) is 75.5 Å². The fourth-order valence-corrected chi connectivity index (χ4v) is 5.10. The monoisotopic (exact) mass is 298 g/mol. The van der Waals surface area contributed by atoms with Gasteiger partial charge in [-0.2, -0.15) is 0 Å². The summed E-state index contributed by atoms with van der Waals surface area (Å²) in [4.78, 5) is 0. The summed E-state index contributed by atoms with van der Waals surface area (Å²) in [5.41, 5.74) is -0.736. The van der Waals surface area contributed by atoms with E-state index < -0.39 is 11.7 Å². The Morgan fingerprint density at radius 1 is 1.19 bits per heavy atom. The van der Waals surface area contributed by atoms with Gasteiger partial charge >= 0.3 is 0 Å². The summed E-state index contributed by atoms with van der Waals surface area (Å²) in [5.74, 6) is 1.66. The Morgan fingerprint density at radius 3 is 2.48 bits per heavy atom. The lowest BCUT2D eigenvalue weighted by Crippen LogP contribution is -2.42. The Morgan fingerprint density at radius 2 is 1.86 bits per heavy atom. The van der Waals surface area contributed by atoms with Gasteiger partial charge in [-0.25, -0.2) is 0 Å². The Hall–Kier alpha value is -0.120. The van der Waals surface area contributed by atoms with E-state index in [-0.39, 0.29) is 11.5 Å². The molecule has 0 bridgehead atoms. The van der Waals surface area contributed by atoms with Crippen molar-refractivity contribution in [3.63, 3.8) is 0 Å². The minimum Gasteiger partial charge on any atom is -0.393 e. The van der Waals surface area contributed by atoms with Crippen molar-refractivity contribution in [2.24, 2.45) is 23.2 Å². The first-order chi connectivity index (χ1) is 9.66. The molecule has 0 aromatic heterocycles. The van der Waals surface area contributed by atoms with E-state index >= 15 is 0 Å². The molecule has 0 aliphatic heterocycles. The van der Waals surface area contributed by atoms with Crippen LogP contribution in [0.2, 0.25) is 0 Å². The van der Waals surface area contributed by atoms with E-state index in [9.17, 15) is 15.3 Å². The number of rotatable bonds is 5. The molecule has 6 atom stereocenters. The molecule has 0 unspecified atom stereocenters. The lowest BCUT2D eigenvalue weighted by molar-refractivity contribution is -0.0582. The fourth-order valence-electron chi connectivity index (χ4n) is 5.10. The van der Waals surface area contributed by atoms with Gasteiger partial charge < -0.3 is 15.3 Å². The van der Waals surface area contributed by atoms with Gasteiger partial charge in [-0.3, -0.25) is 0 Å². The lowest BCUT2D eigenvalue weighted by Gasteiger charge is -2.45. The predicted molar refractivity (Wildman–Crippen MR) is 84.9 cm³/mol. The van der Waals surface area contributed by atoms with E-state index in [0.717, 1.165) is 25.7 Å². The van der Waals surface area contributed by atoms with Crippen LogP contribution < -0.4 is 0 Å². The highest BCUT2D eigenvalue weighted by atomic mass is 16.3. The molecule has 124 valence electrons. The summed E-state index contributed by atoms with van der Waals surface area (Å²) >= 11 is 0. The molecule has 0 amide bonds. The highest BCUT2D eigenvalue weighted by molar-refractivity contribution is 5.01. The summed E-state index contributed by atoms with van der Waals surface area (Å²) in [6.45, 7) is 8.01. The number of aliphatic hydroxyl groups is 3. The second kappa shape index (κ2) is 6.17. The molecule has 2 aliphatic carbocycles. The Balaban J connectivity index is 1.95. The molecule has 0 radical (unpaired) electrons. The van der Waals surface area contributed by atoms with Gasteiger partial charge in [-0.15, -0.1) is 0 Å². The van der Waals surface area contributed by atoms with Crippen LogP contribution in [0.1, 0.15) is 72.6 Å². The van der Waals surface area contributed by atoms with Crippen LogP contribution in [0.15, 0.2) is 0 Å². The maximum absolute atomic E-state index is 10.3. The summed E-state index contributed by atoms with van der Waals surface area (Å²) in [5, 5.41) is 30.2. The van der Waals surface area contributed by atoms with Crippen LogP contribution in [0.3, 0.4) is 0 Å². The van der Waals surface area contributed by atoms with Crippen molar-refractivity contribution in [3.05, 3.63) is 0 Å². The topological polar surface area (TPSA) is 60.7 Å². The minimum atomic E-state index is -1.01. The third-order valence-corrected chi connectivity index (χ3v) is 6.56. The molecule has 0 heterocycles. The van der Waals surface area contributed by atoms with Crippen LogP contribution in [0.5, 0.6) is 0 Å². The first-order valence-electron chi connectivity index (χ1n) is 8.74. The van der Waals surface area contributed by atoms with E-state index in [1.54, 1.807) is 13.8 Å². The van der Waals surface area contributed by atoms with Crippen LogP contribution in [0.25, 0.3) is 0 Å². The van der Waals surface area contributed by atoms with Crippen molar-refractivity contribution < 1.29 is 15.3 Å². The molecular weight excluding hydrogens is 264 g/mol. The summed E-state index contributed by atoms with van der Waals surface area (Å²) in [6, 6.07) is 0. The Kier molecular flexibility index (Phi) is 5.07. The average molecular weight is 298 g/mol. The largest absolute Gasteiger partial charge is 0.393 e. The zero-order valence-electron chi connectivity index (χ0n) is 14.2. The molecule has 2 fully saturated rings. The van der Waals surface area contributed by atoms with Gasteiger partial charge in [0.15, 0.2) is 0 Å². The standard InChI is InChI=1S/C18H34O3/c1-12(7-10-16(20)17(2,3)21)13-8-9-14-15(19)6-5-11-18(13,14)4/h12-16,19-21H,5-11H2,1-4H3/t12-,13+,14-,15-,16+,18+/m0/s1. The summed E-state index contributed by atoms with van der Waals surface area (Å²) < 4.78 is 0. The maximum Gasteiger partial charge on any atom is 0.0849 e. The van der Waals surface area contributed by atoms with Crippen LogP contribution in [-0.2, 0) is 0 Å². The van der Waals surface area contributed by atoms with Crippen molar-refractivity contribution >= 4 is 0 Å². The minimum absolute atomic E-state index is 0.108. The molecule has 0 saturated heterocycles. The molecule has 2 aliphatic rings. The van der Waals surface area contributed by atoms with Crippen LogP contribution >= 0.6 is 0 Å². The smallest absolute Gasteiger partial charge is 0.0849 e. The fraction of sp³-hybridized carbons (Fsp3) is 1.00. The highest BCUT2D eigenvalue weighted by Gasteiger charge is 2.52. The first-order valence-corrected chi connectivity index (χ1v) is 8.74. The molecule has 0 aromatic rings. The average Bonchev–Trinajstić information content (AvgIpc) is 2.73. The van der Waals surface area contributed by atoms with Crippen LogP contribution in [-0.4, -0.2) is 33.1 Å². The lowest BCUT2D eigenvalue weighted by atomic mass is 9.61. The van der Waals surface area contributed by atoms with E-state index in [1.165, 1.54) is 12.8 Å². The Bertz CT molecular complexity index is 349. The van der Waals surface area contributed by atoms with Crippen LogP contribution in [0, 0.1) is 23.2 Å². The van der Waals surface area contributed by atoms with Crippen molar-refractivity contribution in [2.75, 3.05) is 0 Å². The van der Waals surface area contributed by atoms with Gasteiger partial charge in [0.1, 0.15) is 0 Å². The molecule has 21 heavy (non-hydrogen) atoms. The van der Waals surface area contributed by atoms with E-state index in [1.807, 2.05) is 0 Å². The predicted octanol–water partition coefficient (Wildman–Crippen LogP) is 3.11. The molecule has 3 heteroatoms. The first kappa shape index (κ1) is 17.2. The van der Waals surface area contributed by atoms with E-state index in [0.29, 0.717) is 24.2 Å². The molecule has 2 rings (SSSR count). The number of hydrogen-bond acceptors (Lipinski definition) is 3. The quantitative estimate of drug-likeness (QED) is 0.731. The van der Waals surface area contributed by atoms with E-state index in [2.05, 4.69) is 13.8 Å². The molecule has 0 aromatic carbocycles. The second-order valence-electron chi connectivity index (χ2n) is 8.48. The molecule has 0 spiro atoms. The molecule has 3 N–H and O–H groups in total. The maximum atomic E-state index is 10.3. The van der Waals surface area contributed by atoms with Gasteiger partial charge in [0.05, 0.1) is 17.8 Å². The van der Waals surface area contributed by atoms with Gasteiger partial charge in [0.2, 0.25) is 0 Å². The van der Waals surface area contributed by atoms with Crippen molar-refractivity contribution in [3.8, 4) is 0 Å². The van der Waals surface area contributed by atoms with Crippen molar-refractivity contribution in [1.29, 1.82) is 0 Å². The highest BCUT2D eigenvalue weighted by Crippen LogP contribution is 2.58. The number of fused-ring (bicyclic) bond motifs is 1. The van der Waals surface area contributed by atoms with Gasteiger partial charge in [0.25, 0.3) is 0 Å². The third-order valence-electron chi connectivity index (χ3n) is 6.56. The zero-order chi connectivity index (χ0) is 15.8. The SMILES string of the molecule is C[C@@H](CC[C@@H](O)C(C)(C)O)[C@H]1CC[C@H]2[C@@H](O)CCC[C@]12C. The summed E-state index contributed by atoms with van der Waals surface area (Å²) in [7, 11) is 0. The Labute approximate surface area is 129 Å². The van der Waals surface area contributed by atoms with Gasteiger partial charge in [-0.1, -0.05) is 20.3 Å². The molecular formula is C18H34O3. The third kappa shape index (κ3) is 3.46. The van der Waals surface area contributed by atoms with Crippen molar-refractivity contribution in [2.45, 2.75) is 90.4 Å². The molecule has 2 saturated carbocycles. The van der Waals surface area contributed by atoms with Crippen LogP contribution in [0.4, 0.5) is 0 Å². The van der Waals surface area contributed by atoms with Crippen molar-refractivity contribution in [1.82, 2.24) is 0 Å². The summed E-state index contributed by atoms with van der Waals surface area (Å²) in [6.07, 6.45) is 6.56. The van der Waals surface area contributed by atoms with E-state index in [4.69, 9.17) is 0 Å². The zero-order valence-corrected chi connectivity index (χ0v) is 14.2. The number of hydrogen-bond donors (Lipinski definition) is 3. The molecule has 3 nitrogen and oxygen atoms in total. The number of aliphatic hydroxyl groups excluding tert-OH is 2. The second-order valence-corrected chi connectivity index (χ2v) is 8.48. The normalized spacial score (nSPS) is 39.9. The van der Waals surface area contributed by atoms with Gasteiger partial charge in [0, 0.05) is 0 Å².